The van der Waals surface area contributed by atoms with E-state index in [1.165, 1.54) is 0 Å². The van der Waals surface area contributed by atoms with Crippen molar-refractivity contribution in [2.24, 2.45) is 0 Å². The Bertz CT molecular complexity index is 2840. The summed E-state index contributed by atoms with van der Waals surface area (Å²) in [4.78, 5) is 23.2. The van der Waals surface area contributed by atoms with Crippen LogP contribution in [0.4, 0.5) is 65.9 Å². The zero-order valence-corrected chi connectivity index (χ0v) is 41.1. The number of esters is 2. The van der Waals surface area contributed by atoms with Gasteiger partial charge in [0.2, 0.25) is 23.3 Å². The minimum absolute atomic E-state index is 0.226. The lowest BCUT2D eigenvalue weighted by Crippen LogP contribution is -2.56. The van der Waals surface area contributed by atoms with Gasteiger partial charge in [-0.15, -0.1) is 0 Å². The molecule has 4 aromatic rings. The van der Waals surface area contributed by atoms with Crippen LogP contribution >= 0.6 is 0 Å². The van der Waals surface area contributed by atoms with Gasteiger partial charge in [-0.05, 0) is 77.2 Å². The molecule has 2 atom stereocenters. The van der Waals surface area contributed by atoms with E-state index in [1.54, 1.807) is 97.1 Å². The largest absolute Gasteiger partial charge is 0.490 e. The van der Waals surface area contributed by atoms with Crippen molar-refractivity contribution in [1.82, 2.24) is 0 Å². The van der Waals surface area contributed by atoms with Crippen molar-refractivity contribution in [3.8, 4) is 23.0 Å². The van der Waals surface area contributed by atoms with Crippen LogP contribution in [0.3, 0.4) is 0 Å². The molecule has 77 heavy (non-hydrogen) atoms. The maximum absolute atomic E-state index is 15.5. The third-order valence-electron chi connectivity index (χ3n) is 11.4. The van der Waals surface area contributed by atoms with Gasteiger partial charge in [-0.25, -0.2) is 49.1 Å². The summed E-state index contributed by atoms with van der Waals surface area (Å²) >= 11 is 0. The minimum atomic E-state index is -7.16. The normalized spacial score (nSPS) is 14.9. The fourth-order valence-corrected chi connectivity index (χ4v) is 6.81. The highest BCUT2D eigenvalue weighted by Crippen LogP contribution is 2.52. The first-order chi connectivity index (χ1) is 36.0. The lowest BCUT2D eigenvalue weighted by Gasteiger charge is -2.33. The van der Waals surface area contributed by atoms with Crippen LogP contribution < -0.4 is 18.9 Å². The quantitative estimate of drug-likeness (QED) is 0.0153. The molecule has 2 unspecified atom stereocenters. The standard InChI is InChI=1S/C54H47F15O8/c1-7-41(70)76-37-22-14-33(15-23-37)50(3,4)31-10-18-35(19-11-31)73-30-39(75-36-20-12-32(13-21-36)51(5,6)34-16-24-38(25-17-34)77-42(71)8-2)29-72-26-9-27-74-52(64,53(65,66)54(67,68)69)49(63)48(62)47(61)46(60)45(59)44(58)43(57)40(56)28-55/h7-8,10-25,39H,1-2,9,26-30H2,3-6H3/b43-40+,45-44+,47-46+,49-48+. The Kier molecular flexibility index (Phi) is 21.2. The second-order valence-electron chi connectivity index (χ2n) is 17.3. The van der Waals surface area contributed by atoms with E-state index in [4.69, 9.17) is 23.7 Å². The van der Waals surface area contributed by atoms with Crippen molar-refractivity contribution in [2.75, 3.05) is 33.1 Å². The molecule has 0 bridgehead atoms. The van der Waals surface area contributed by atoms with Crippen molar-refractivity contribution in [3.05, 3.63) is 191 Å². The van der Waals surface area contributed by atoms with Crippen LogP contribution in [-0.4, -0.2) is 69.1 Å². The molecule has 0 aliphatic heterocycles. The molecule has 0 aliphatic carbocycles. The molecule has 0 amide bonds. The highest BCUT2D eigenvalue weighted by molar-refractivity contribution is 5.83. The predicted molar refractivity (Wildman–Crippen MR) is 251 cm³/mol. The molecule has 0 fully saturated rings. The van der Waals surface area contributed by atoms with Gasteiger partial charge in [0.15, 0.2) is 29.4 Å². The predicted octanol–water partition coefficient (Wildman–Crippen LogP) is 15.2. The second kappa shape index (κ2) is 26.2. The molecule has 0 heterocycles. The van der Waals surface area contributed by atoms with Crippen LogP contribution in [0.2, 0.25) is 0 Å². The topological polar surface area (TPSA) is 89.5 Å². The third-order valence-corrected chi connectivity index (χ3v) is 11.4. The van der Waals surface area contributed by atoms with Gasteiger partial charge in [-0.2, -0.15) is 26.3 Å². The molecule has 0 spiro atoms. The van der Waals surface area contributed by atoms with Gasteiger partial charge < -0.3 is 28.4 Å². The van der Waals surface area contributed by atoms with E-state index < -0.39 is 126 Å². The second-order valence-corrected chi connectivity index (χ2v) is 17.3. The highest BCUT2D eigenvalue weighted by Gasteiger charge is 2.75. The molecule has 8 nitrogen and oxygen atoms in total. The Hall–Kier alpha value is -7.27. The molecule has 23 heteroatoms. The van der Waals surface area contributed by atoms with Crippen molar-refractivity contribution < 1.29 is 104 Å². The number of rotatable bonds is 26. The van der Waals surface area contributed by atoms with Gasteiger partial charge in [0.25, 0.3) is 0 Å². The first-order valence-corrected chi connectivity index (χ1v) is 22.5. The molecule has 0 N–H and O–H groups in total. The Morgan fingerprint density at radius 2 is 0.896 bits per heavy atom. The first kappa shape index (κ1) is 62.3. The third kappa shape index (κ3) is 15.2. The number of carbonyl (C=O) groups excluding carboxylic acids is 2. The lowest BCUT2D eigenvalue weighted by atomic mass is 9.78. The monoisotopic (exact) mass is 1110 g/mol. The molecule has 416 valence electrons. The maximum atomic E-state index is 15.5. The average molecular weight is 1110 g/mol. The fourth-order valence-electron chi connectivity index (χ4n) is 6.81. The van der Waals surface area contributed by atoms with Crippen LogP contribution in [-0.2, 0) is 29.9 Å². The molecule has 0 saturated carbocycles. The number of ether oxygens (including phenoxy) is 6. The van der Waals surface area contributed by atoms with E-state index in [0.717, 1.165) is 34.4 Å². The van der Waals surface area contributed by atoms with Gasteiger partial charge in [-0.1, -0.05) is 89.4 Å². The number of benzene rings is 4. The molecular formula is C54H47F15O8. The summed E-state index contributed by atoms with van der Waals surface area (Å²) in [6.07, 6.45) is -7.15. The van der Waals surface area contributed by atoms with Crippen LogP contribution in [0, 0.1) is 0 Å². The minimum Gasteiger partial charge on any atom is -0.490 e. The Morgan fingerprint density at radius 3 is 1.29 bits per heavy atom. The molecular weight excluding hydrogens is 1060 g/mol. The van der Waals surface area contributed by atoms with E-state index in [2.05, 4.69) is 17.9 Å². The van der Waals surface area contributed by atoms with E-state index in [-0.39, 0.29) is 18.1 Å². The van der Waals surface area contributed by atoms with Gasteiger partial charge in [0, 0.05) is 29.6 Å². The van der Waals surface area contributed by atoms with Crippen LogP contribution in [0.25, 0.3) is 0 Å². The van der Waals surface area contributed by atoms with Crippen LogP contribution in [0.5, 0.6) is 23.0 Å². The van der Waals surface area contributed by atoms with E-state index >= 15 is 4.39 Å². The zero-order chi connectivity index (χ0) is 57.7. The average Bonchev–Trinajstić information content (AvgIpc) is 3.41. The summed E-state index contributed by atoms with van der Waals surface area (Å²) in [5.74, 6) is -42.5. The number of hydrogen-bond donors (Lipinski definition) is 0. The summed E-state index contributed by atoms with van der Waals surface area (Å²) in [6.45, 7) is 8.64. The Labute approximate surface area is 431 Å². The van der Waals surface area contributed by atoms with E-state index in [1.807, 2.05) is 27.7 Å². The lowest BCUT2D eigenvalue weighted by molar-refractivity contribution is -0.375. The Morgan fingerprint density at radius 1 is 0.519 bits per heavy atom. The first-order valence-electron chi connectivity index (χ1n) is 22.5. The molecule has 4 aromatic carbocycles. The number of hydrogen-bond acceptors (Lipinski definition) is 8. The number of halogens is 15. The molecule has 4 rings (SSSR count). The van der Waals surface area contributed by atoms with Gasteiger partial charge in [-0.3, -0.25) is 0 Å². The van der Waals surface area contributed by atoms with E-state index in [0.29, 0.717) is 11.5 Å². The molecule has 0 saturated heterocycles. The number of alkyl halides is 7. The summed E-state index contributed by atoms with van der Waals surface area (Å²) in [5.41, 5.74) is 2.05. The molecule has 0 aliphatic rings. The Balaban J connectivity index is 1.55. The van der Waals surface area contributed by atoms with Gasteiger partial charge >= 0.3 is 29.9 Å². The summed E-state index contributed by atoms with van der Waals surface area (Å²) in [7, 11) is 0. The fraction of sp³-hybridized carbons (Fsp3) is 0.296. The molecule has 0 radical (unpaired) electrons. The van der Waals surface area contributed by atoms with Gasteiger partial charge in [0.1, 0.15) is 36.3 Å². The van der Waals surface area contributed by atoms with Crippen LogP contribution in [0.1, 0.15) is 56.4 Å². The van der Waals surface area contributed by atoms with Crippen molar-refractivity contribution >= 4 is 11.9 Å². The number of carbonyl (C=O) groups is 2. The summed E-state index contributed by atoms with van der Waals surface area (Å²) in [5, 5.41) is 0. The highest BCUT2D eigenvalue weighted by atomic mass is 19.4. The maximum Gasteiger partial charge on any atom is 0.460 e. The summed E-state index contributed by atoms with van der Waals surface area (Å²) < 4.78 is 240. The zero-order valence-electron chi connectivity index (χ0n) is 41.1. The van der Waals surface area contributed by atoms with Crippen molar-refractivity contribution in [3.63, 3.8) is 0 Å². The van der Waals surface area contributed by atoms with Crippen molar-refractivity contribution in [1.29, 1.82) is 0 Å². The van der Waals surface area contributed by atoms with Crippen molar-refractivity contribution in [2.45, 2.75) is 69.0 Å². The summed E-state index contributed by atoms with van der Waals surface area (Å²) in [6, 6.07) is 26.9. The smallest absolute Gasteiger partial charge is 0.460 e. The number of allylic oxidation sites excluding steroid dienone is 7. The SMILES string of the molecule is C=CC(=O)Oc1ccc(C(C)(C)c2ccc(OCC(COCCCOC(F)(/C(F)=C(F)/C(F)=C(F)/C(F)=C(F)/C(F)=C(\F)CF)C(F)(F)C(F)(F)F)Oc3ccc(C(C)(C)c4ccc(OC(=O)C=C)cc4)cc3)cc2)cc1. The van der Waals surface area contributed by atoms with Gasteiger partial charge in [0.05, 0.1) is 13.2 Å². The van der Waals surface area contributed by atoms with Crippen LogP contribution in [0.15, 0.2) is 169 Å². The van der Waals surface area contributed by atoms with E-state index in [9.17, 15) is 71.1 Å². The molecule has 0 aromatic heterocycles.